The Bertz CT molecular complexity index is 2860. The number of fused-ring (bicyclic) bond motifs is 5. The molecule has 6 nitrogen and oxygen atoms in total. The summed E-state index contributed by atoms with van der Waals surface area (Å²) in [6, 6.07) is 51.8. The Morgan fingerprint density at radius 3 is 1.67 bits per heavy atom. The van der Waals surface area contributed by atoms with Gasteiger partial charge in [0, 0.05) is 39.7 Å². The van der Waals surface area contributed by atoms with E-state index in [2.05, 4.69) is 76.7 Å². The number of hydrogen-bond acceptors (Lipinski definition) is 6. The van der Waals surface area contributed by atoms with Crippen molar-refractivity contribution in [2.45, 2.75) is 0 Å². The SMILES string of the molecule is c1ccc(-c2nc(-c3ccccc3)nc(-c3cc(-c4ccc(-c5ccnc6ncccc56)c5ccccc45)cc4c3oc3ccccc34)n2)cc1. The van der Waals surface area contributed by atoms with E-state index in [1.165, 1.54) is 0 Å². The van der Waals surface area contributed by atoms with Crippen LogP contribution in [0.25, 0.3) is 100 Å². The molecular weight excluding hydrogens is 627 g/mol. The Hall–Kier alpha value is -7.05. The van der Waals surface area contributed by atoms with Crippen LogP contribution in [0.5, 0.6) is 0 Å². The fourth-order valence-corrected chi connectivity index (χ4v) is 7.08. The standard InChI is InChI=1S/C45H27N5O/c1-3-12-28(13-4-1)42-48-43(29-14-5-2-6-15-29)50-45(49-42)39-27-30(26-38-36-18-9-10-20-40(36)51-41(38)39)31-21-22-34(33-17-8-7-16-32(31)33)35-23-25-47-44-37(35)19-11-24-46-44/h1-27H. The molecule has 0 amide bonds. The Labute approximate surface area is 292 Å². The summed E-state index contributed by atoms with van der Waals surface area (Å²) in [6.07, 6.45) is 3.62. The molecule has 0 unspecified atom stereocenters. The summed E-state index contributed by atoms with van der Waals surface area (Å²) in [5, 5.41) is 5.33. The maximum Gasteiger partial charge on any atom is 0.167 e. The van der Waals surface area contributed by atoms with Crippen LogP contribution in [0.2, 0.25) is 0 Å². The van der Waals surface area contributed by atoms with Crippen molar-refractivity contribution in [2.24, 2.45) is 0 Å². The highest BCUT2D eigenvalue weighted by molar-refractivity contribution is 6.14. The van der Waals surface area contributed by atoms with Crippen LogP contribution in [-0.2, 0) is 0 Å². The van der Waals surface area contributed by atoms with Gasteiger partial charge in [-0.1, -0.05) is 115 Å². The third-order valence-electron chi connectivity index (χ3n) is 9.46. The monoisotopic (exact) mass is 653 g/mol. The van der Waals surface area contributed by atoms with Crippen LogP contribution >= 0.6 is 0 Å². The number of rotatable bonds is 5. The van der Waals surface area contributed by atoms with Gasteiger partial charge in [-0.05, 0) is 69.4 Å². The van der Waals surface area contributed by atoms with Crippen molar-refractivity contribution >= 4 is 43.7 Å². The van der Waals surface area contributed by atoms with Crippen LogP contribution < -0.4 is 0 Å². The minimum atomic E-state index is 0.547. The van der Waals surface area contributed by atoms with E-state index in [4.69, 9.17) is 19.4 Å². The minimum absolute atomic E-state index is 0.547. The van der Waals surface area contributed by atoms with Crippen molar-refractivity contribution in [1.29, 1.82) is 0 Å². The van der Waals surface area contributed by atoms with Gasteiger partial charge in [-0.2, -0.15) is 0 Å². The van der Waals surface area contributed by atoms with Gasteiger partial charge in [-0.3, -0.25) is 0 Å². The lowest BCUT2D eigenvalue weighted by Gasteiger charge is -2.15. The van der Waals surface area contributed by atoms with Gasteiger partial charge >= 0.3 is 0 Å². The molecule has 10 rings (SSSR count). The second-order valence-electron chi connectivity index (χ2n) is 12.5. The number of aromatic nitrogens is 5. The highest BCUT2D eigenvalue weighted by atomic mass is 16.3. The Balaban J connectivity index is 1.25. The molecule has 0 radical (unpaired) electrons. The highest BCUT2D eigenvalue weighted by Gasteiger charge is 2.21. The Morgan fingerprint density at radius 2 is 0.922 bits per heavy atom. The van der Waals surface area contributed by atoms with Crippen molar-refractivity contribution in [1.82, 2.24) is 24.9 Å². The molecule has 6 heteroatoms. The lowest BCUT2D eigenvalue weighted by molar-refractivity contribution is 0.669. The molecule has 238 valence electrons. The van der Waals surface area contributed by atoms with E-state index >= 15 is 0 Å². The summed E-state index contributed by atoms with van der Waals surface area (Å²) in [4.78, 5) is 24.2. The molecule has 0 saturated carbocycles. The molecule has 0 aliphatic rings. The van der Waals surface area contributed by atoms with Crippen molar-refractivity contribution in [3.8, 4) is 56.4 Å². The van der Waals surface area contributed by atoms with E-state index in [1.54, 1.807) is 6.20 Å². The third-order valence-corrected chi connectivity index (χ3v) is 9.46. The van der Waals surface area contributed by atoms with Gasteiger partial charge in [0.15, 0.2) is 23.1 Å². The number of nitrogens with zero attached hydrogens (tertiary/aromatic N) is 5. The topological polar surface area (TPSA) is 77.6 Å². The van der Waals surface area contributed by atoms with Gasteiger partial charge in [0.25, 0.3) is 0 Å². The lowest BCUT2D eigenvalue weighted by atomic mass is 9.90. The zero-order chi connectivity index (χ0) is 33.7. The average Bonchev–Trinajstić information content (AvgIpc) is 3.59. The maximum absolute atomic E-state index is 6.61. The number of pyridine rings is 2. The van der Waals surface area contributed by atoms with E-state index in [-0.39, 0.29) is 0 Å². The summed E-state index contributed by atoms with van der Waals surface area (Å²) in [5.41, 5.74) is 9.26. The van der Waals surface area contributed by atoms with E-state index in [9.17, 15) is 0 Å². The van der Waals surface area contributed by atoms with Crippen molar-refractivity contribution in [3.63, 3.8) is 0 Å². The molecule has 0 aliphatic carbocycles. The predicted molar refractivity (Wildman–Crippen MR) is 205 cm³/mol. The fraction of sp³-hybridized carbons (Fsp3) is 0. The molecule has 0 N–H and O–H groups in total. The van der Waals surface area contributed by atoms with Gasteiger partial charge in [-0.15, -0.1) is 0 Å². The summed E-state index contributed by atoms with van der Waals surface area (Å²) < 4.78 is 6.61. The summed E-state index contributed by atoms with van der Waals surface area (Å²) in [7, 11) is 0. The summed E-state index contributed by atoms with van der Waals surface area (Å²) in [5.74, 6) is 1.75. The Morgan fingerprint density at radius 1 is 0.353 bits per heavy atom. The first kappa shape index (κ1) is 28.9. The van der Waals surface area contributed by atoms with E-state index < -0.39 is 0 Å². The largest absolute Gasteiger partial charge is 0.455 e. The van der Waals surface area contributed by atoms with Crippen LogP contribution in [0.4, 0.5) is 0 Å². The number of furan rings is 1. The first-order valence-corrected chi connectivity index (χ1v) is 16.8. The number of benzene rings is 6. The minimum Gasteiger partial charge on any atom is -0.455 e. The second kappa shape index (κ2) is 11.8. The van der Waals surface area contributed by atoms with Crippen molar-refractivity contribution < 1.29 is 4.42 Å². The van der Waals surface area contributed by atoms with E-state index in [1.807, 2.05) is 91.1 Å². The molecule has 0 aliphatic heterocycles. The van der Waals surface area contributed by atoms with Gasteiger partial charge in [0.05, 0.1) is 5.56 Å². The van der Waals surface area contributed by atoms with Crippen LogP contribution in [0.15, 0.2) is 168 Å². The molecule has 4 aromatic heterocycles. The number of para-hydroxylation sites is 1. The lowest BCUT2D eigenvalue weighted by Crippen LogP contribution is -2.00. The summed E-state index contributed by atoms with van der Waals surface area (Å²) >= 11 is 0. The highest BCUT2D eigenvalue weighted by Crippen LogP contribution is 2.43. The molecule has 0 fully saturated rings. The zero-order valence-electron chi connectivity index (χ0n) is 27.2. The molecule has 51 heavy (non-hydrogen) atoms. The molecule has 4 heterocycles. The molecule has 0 atom stereocenters. The molecule has 0 saturated heterocycles. The van der Waals surface area contributed by atoms with Crippen LogP contribution in [0.1, 0.15) is 0 Å². The van der Waals surface area contributed by atoms with E-state index in [0.29, 0.717) is 17.5 Å². The van der Waals surface area contributed by atoms with Gasteiger partial charge in [-0.25, -0.2) is 24.9 Å². The second-order valence-corrected chi connectivity index (χ2v) is 12.5. The van der Waals surface area contributed by atoms with Gasteiger partial charge in [0.2, 0.25) is 0 Å². The summed E-state index contributed by atoms with van der Waals surface area (Å²) in [6.45, 7) is 0. The predicted octanol–water partition coefficient (Wildman–Crippen LogP) is 11.2. The number of hydrogen-bond donors (Lipinski definition) is 0. The first-order valence-electron chi connectivity index (χ1n) is 16.8. The van der Waals surface area contributed by atoms with Crippen LogP contribution in [-0.4, -0.2) is 24.9 Å². The molecular formula is C45H27N5O. The van der Waals surface area contributed by atoms with Crippen LogP contribution in [0.3, 0.4) is 0 Å². The van der Waals surface area contributed by atoms with Gasteiger partial charge < -0.3 is 4.42 Å². The smallest absolute Gasteiger partial charge is 0.167 e. The Kier molecular flexibility index (Phi) is 6.70. The average molecular weight is 654 g/mol. The normalized spacial score (nSPS) is 11.5. The van der Waals surface area contributed by atoms with Crippen molar-refractivity contribution in [2.75, 3.05) is 0 Å². The molecule has 0 bridgehead atoms. The van der Waals surface area contributed by atoms with Crippen molar-refractivity contribution in [3.05, 3.63) is 164 Å². The fourth-order valence-electron chi connectivity index (χ4n) is 7.08. The van der Waals surface area contributed by atoms with E-state index in [0.717, 1.165) is 82.7 Å². The third kappa shape index (κ3) is 4.92. The molecule has 10 aromatic rings. The maximum atomic E-state index is 6.61. The molecule has 0 spiro atoms. The zero-order valence-corrected chi connectivity index (χ0v) is 27.2. The quantitative estimate of drug-likeness (QED) is 0.184. The molecule has 6 aromatic carbocycles. The first-order chi connectivity index (χ1) is 25.3. The van der Waals surface area contributed by atoms with Gasteiger partial charge in [0.1, 0.15) is 11.2 Å². The van der Waals surface area contributed by atoms with Crippen LogP contribution in [0, 0.1) is 0 Å².